The fraction of sp³-hybridized carbons (Fsp3) is 0.286. The molecule has 9 nitrogen and oxygen atoms in total. The minimum Gasteiger partial charge on any atom is -0.484 e. The molecule has 23 heavy (non-hydrogen) atoms. The Labute approximate surface area is 132 Å². The van der Waals surface area contributed by atoms with Gasteiger partial charge in [-0.05, 0) is 24.3 Å². The van der Waals surface area contributed by atoms with Crippen molar-refractivity contribution in [1.82, 2.24) is 20.8 Å². The van der Waals surface area contributed by atoms with Crippen LogP contribution in [0.5, 0.6) is 5.75 Å². The van der Waals surface area contributed by atoms with Crippen LogP contribution in [0.25, 0.3) is 11.5 Å². The lowest BCUT2D eigenvalue weighted by molar-refractivity contribution is -0.122. The number of hydrogen-bond acceptors (Lipinski definition) is 7. The van der Waals surface area contributed by atoms with Crippen LogP contribution in [0, 0.1) is 0 Å². The molecule has 0 saturated carbocycles. The number of amides is 3. The Hall–Kier alpha value is -2.94. The number of imide groups is 1. The number of ether oxygens (including phenoxy) is 2. The minimum absolute atomic E-state index is 0.280. The van der Waals surface area contributed by atoms with Gasteiger partial charge in [-0.1, -0.05) is 0 Å². The van der Waals surface area contributed by atoms with Gasteiger partial charge >= 0.3 is 6.03 Å². The fourth-order valence-corrected chi connectivity index (χ4v) is 1.61. The standard InChI is InChI=1S/C14H16N4O5/c1-21-7-6-15-14(20)17-12(19)8-22-11-4-2-10(3-5-11)13-18-16-9-23-13/h2-5,9H,6-8H2,1H3,(H2,15,17,19,20). The molecule has 3 amide bonds. The van der Waals surface area contributed by atoms with Gasteiger partial charge in [0.05, 0.1) is 6.61 Å². The van der Waals surface area contributed by atoms with E-state index in [1.165, 1.54) is 13.5 Å². The average molecular weight is 320 g/mol. The first kappa shape index (κ1) is 16.4. The Balaban J connectivity index is 1.75. The summed E-state index contributed by atoms with van der Waals surface area (Å²) >= 11 is 0. The van der Waals surface area contributed by atoms with Crippen LogP contribution in [0.3, 0.4) is 0 Å². The largest absolute Gasteiger partial charge is 0.484 e. The van der Waals surface area contributed by atoms with E-state index in [1.807, 2.05) is 0 Å². The van der Waals surface area contributed by atoms with E-state index >= 15 is 0 Å². The van der Waals surface area contributed by atoms with Crippen molar-refractivity contribution in [3.8, 4) is 17.2 Å². The molecule has 0 saturated heterocycles. The highest BCUT2D eigenvalue weighted by Gasteiger charge is 2.08. The Morgan fingerprint density at radius 1 is 1.26 bits per heavy atom. The van der Waals surface area contributed by atoms with Crippen molar-refractivity contribution in [2.24, 2.45) is 0 Å². The number of benzene rings is 1. The van der Waals surface area contributed by atoms with Gasteiger partial charge in [-0.15, -0.1) is 10.2 Å². The maximum absolute atomic E-state index is 11.6. The SMILES string of the molecule is COCCNC(=O)NC(=O)COc1ccc(-c2nnco2)cc1. The summed E-state index contributed by atoms with van der Waals surface area (Å²) in [6.07, 6.45) is 1.24. The molecule has 1 aromatic heterocycles. The van der Waals surface area contributed by atoms with Crippen molar-refractivity contribution >= 4 is 11.9 Å². The zero-order valence-electron chi connectivity index (χ0n) is 12.4. The molecule has 0 spiro atoms. The summed E-state index contributed by atoms with van der Waals surface area (Å²) in [5.41, 5.74) is 0.733. The molecule has 1 aromatic carbocycles. The van der Waals surface area contributed by atoms with E-state index in [1.54, 1.807) is 24.3 Å². The summed E-state index contributed by atoms with van der Waals surface area (Å²) in [5.74, 6) is 0.311. The molecule has 2 N–H and O–H groups in total. The van der Waals surface area contributed by atoms with E-state index < -0.39 is 11.9 Å². The first-order valence-corrected chi connectivity index (χ1v) is 6.75. The first-order valence-electron chi connectivity index (χ1n) is 6.75. The number of carbonyl (C=O) groups excluding carboxylic acids is 2. The molecule has 2 aromatic rings. The Kier molecular flexibility index (Phi) is 6.07. The van der Waals surface area contributed by atoms with Gasteiger partial charge in [0, 0.05) is 19.2 Å². The molecular formula is C14H16N4O5. The lowest BCUT2D eigenvalue weighted by atomic mass is 10.2. The molecule has 0 radical (unpaired) electrons. The second-order valence-electron chi connectivity index (χ2n) is 4.35. The van der Waals surface area contributed by atoms with E-state index in [0.717, 1.165) is 5.56 Å². The lowest BCUT2D eigenvalue weighted by Crippen LogP contribution is -2.42. The van der Waals surface area contributed by atoms with Crippen LogP contribution in [0.1, 0.15) is 0 Å². The number of carbonyl (C=O) groups is 2. The smallest absolute Gasteiger partial charge is 0.321 e. The second-order valence-corrected chi connectivity index (χ2v) is 4.35. The number of nitrogens with one attached hydrogen (secondary N) is 2. The van der Waals surface area contributed by atoms with Crippen molar-refractivity contribution < 1.29 is 23.5 Å². The Morgan fingerprint density at radius 3 is 2.70 bits per heavy atom. The monoisotopic (exact) mass is 320 g/mol. The summed E-state index contributed by atoms with van der Waals surface area (Å²) in [4.78, 5) is 22.9. The van der Waals surface area contributed by atoms with Gasteiger partial charge in [-0.25, -0.2) is 4.79 Å². The number of aromatic nitrogens is 2. The first-order chi connectivity index (χ1) is 11.2. The number of methoxy groups -OCH3 is 1. The summed E-state index contributed by atoms with van der Waals surface area (Å²) in [5, 5.41) is 12.0. The molecular weight excluding hydrogens is 304 g/mol. The van der Waals surface area contributed by atoms with Gasteiger partial charge in [-0.2, -0.15) is 0 Å². The molecule has 2 rings (SSSR count). The quantitative estimate of drug-likeness (QED) is 0.717. The summed E-state index contributed by atoms with van der Waals surface area (Å²) in [6.45, 7) is 0.399. The van der Waals surface area contributed by atoms with Crippen LogP contribution in [-0.4, -0.2) is 49.0 Å². The van der Waals surface area contributed by atoms with E-state index in [4.69, 9.17) is 13.9 Å². The average Bonchev–Trinajstić information content (AvgIpc) is 3.08. The predicted molar refractivity (Wildman–Crippen MR) is 78.6 cm³/mol. The third kappa shape index (κ3) is 5.40. The number of hydrogen-bond donors (Lipinski definition) is 2. The van der Waals surface area contributed by atoms with E-state index in [-0.39, 0.29) is 6.61 Å². The van der Waals surface area contributed by atoms with Crippen molar-refractivity contribution in [3.05, 3.63) is 30.7 Å². The van der Waals surface area contributed by atoms with Gasteiger partial charge in [0.25, 0.3) is 5.91 Å². The zero-order chi connectivity index (χ0) is 16.5. The second kappa shape index (κ2) is 8.49. The van der Waals surface area contributed by atoms with Crippen molar-refractivity contribution in [3.63, 3.8) is 0 Å². The molecule has 0 aliphatic rings. The number of rotatable bonds is 7. The Bertz CT molecular complexity index is 627. The third-order valence-electron chi connectivity index (χ3n) is 2.68. The highest BCUT2D eigenvalue weighted by Crippen LogP contribution is 2.19. The van der Waals surface area contributed by atoms with E-state index in [9.17, 15) is 9.59 Å². The zero-order valence-corrected chi connectivity index (χ0v) is 12.4. The summed E-state index contributed by atoms with van der Waals surface area (Å²) in [7, 11) is 1.52. The van der Waals surface area contributed by atoms with Crippen LogP contribution in [0.4, 0.5) is 4.79 Å². The Morgan fingerprint density at radius 2 is 2.04 bits per heavy atom. The third-order valence-corrected chi connectivity index (χ3v) is 2.68. The molecule has 122 valence electrons. The van der Waals surface area contributed by atoms with Crippen molar-refractivity contribution in [1.29, 1.82) is 0 Å². The lowest BCUT2D eigenvalue weighted by Gasteiger charge is -2.08. The van der Waals surface area contributed by atoms with Gasteiger partial charge in [0.1, 0.15) is 5.75 Å². The topological polar surface area (TPSA) is 116 Å². The van der Waals surface area contributed by atoms with Gasteiger partial charge in [0.2, 0.25) is 12.3 Å². The van der Waals surface area contributed by atoms with Crippen molar-refractivity contribution in [2.45, 2.75) is 0 Å². The fourth-order valence-electron chi connectivity index (χ4n) is 1.61. The minimum atomic E-state index is -0.595. The van der Waals surface area contributed by atoms with Gasteiger partial charge in [-0.3, -0.25) is 10.1 Å². The molecule has 0 unspecified atom stereocenters. The molecule has 1 heterocycles. The molecule has 0 atom stereocenters. The van der Waals surface area contributed by atoms with Crippen LogP contribution in [0.2, 0.25) is 0 Å². The van der Waals surface area contributed by atoms with Crippen molar-refractivity contribution in [2.75, 3.05) is 26.9 Å². The van der Waals surface area contributed by atoms with E-state index in [0.29, 0.717) is 24.8 Å². The van der Waals surface area contributed by atoms with Crippen LogP contribution in [0.15, 0.2) is 35.1 Å². The molecule has 0 aliphatic carbocycles. The summed E-state index contributed by atoms with van der Waals surface area (Å²) < 4.78 is 15.1. The van der Waals surface area contributed by atoms with Gasteiger partial charge in [0.15, 0.2) is 6.61 Å². The molecule has 9 heteroatoms. The molecule has 0 aliphatic heterocycles. The maximum Gasteiger partial charge on any atom is 0.321 e. The molecule has 0 bridgehead atoms. The normalized spacial score (nSPS) is 10.1. The van der Waals surface area contributed by atoms with Crippen LogP contribution < -0.4 is 15.4 Å². The highest BCUT2D eigenvalue weighted by atomic mass is 16.5. The van der Waals surface area contributed by atoms with Crippen LogP contribution >= 0.6 is 0 Å². The van der Waals surface area contributed by atoms with Crippen LogP contribution in [-0.2, 0) is 9.53 Å². The maximum atomic E-state index is 11.6. The van der Waals surface area contributed by atoms with Gasteiger partial charge < -0.3 is 19.2 Å². The predicted octanol–water partition coefficient (Wildman–Crippen LogP) is 0.588. The van der Waals surface area contributed by atoms with E-state index in [2.05, 4.69) is 20.8 Å². The highest BCUT2D eigenvalue weighted by molar-refractivity contribution is 5.94. The number of urea groups is 1. The summed E-state index contributed by atoms with van der Waals surface area (Å²) in [6, 6.07) is 6.16. The molecule has 0 fully saturated rings. The number of nitrogens with zero attached hydrogens (tertiary/aromatic N) is 2.